The first kappa shape index (κ1) is 22.4. The summed E-state index contributed by atoms with van der Waals surface area (Å²) in [6.07, 6.45) is 3.82. The Kier molecular flexibility index (Phi) is 6.39. The smallest absolute Gasteiger partial charge is 0.265 e. The van der Waals surface area contributed by atoms with Crippen LogP contribution in [0.2, 0.25) is 5.02 Å². The number of amides is 1. The van der Waals surface area contributed by atoms with Crippen LogP contribution in [0.3, 0.4) is 0 Å². The van der Waals surface area contributed by atoms with Crippen molar-refractivity contribution >= 4 is 38.9 Å². The number of nitrogens with zero attached hydrogens (tertiary/aromatic N) is 1. The molecule has 1 heterocycles. The summed E-state index contributed by atoms with van der Waals surface area (Å²) >= 11 is 5.86. The zero-order valence-corrected chi connectivity index (χ0v) is 19.1. The van der Waals surface area contributed by atoms with Crippen LogP contribution in [0.5, 0.6) is 5.75 Å². The summed E-state index contributed by atoms with van der Waals surface area (Å²) < 4.78 is 35.6. The lowest BCUT2D eigenvalue weighted by atomic mass is 10.2. The van der Waals surface area contributed by atoms with Gasteiger partial charge in [0.15, 0.2) is 0 Å². The minimum atomic E-state index is -3.99. The van der Waals surface area contributed by atoms with Crippen LogP contribution in [-0.2, 0) is 10.0 Å². The van der Waals surface area contributed by atoms with Crippen LogP contribution in [0.1, 0.15) is 10.4 Å². The maximum atomic E-state index is 13.0. The van der Waals surface area contributed by atoms with Crippen molar-refractivity contribution in [3.8, 4) is 11.4 Å². The molecule has 9 heteroatoms. The van der Waals surface area contributed by atoms with Gasteiger partial charge in [0, 0.05) is 40.0 Å². The third kappa shape index (κ3) is 5.19. The number of nitrogens with one attached hydrogen (secondary N) is 2. The quantitative estimate of drug-likeness (QED) is 0.380. The molecule has 4 aromatic rings. The molecular formula is C24H20ClN3O4S. The van der Waals surface area contributed by atoms with E-state index in [0.29, 0.717) is 22.0 Å². The van der Waals surface area contributed by atoms with Crippen molar-refractivity contribution in [3.05, 3.63) is 102 Å². The standard InChI is InChI=1S/C24H20ClN3O4S/c1-32-22-13-10-20(16-23(22)33(30,31)27-19-8-6-18(25)7-9-19)26-24(29)17-4-11-21(12-5-17)28-14-2-3-15-28/h2-16,27H,1H3,(H,26,29). The predicted octanol–water partition coefficient (Wildman–Crippen LogP) is 5.19. The molecule has 2 N–H and O–H groups in total. The minimum absolute atomic E-state index is 0.110. The molecule has 0 saturated heterocycles. The summed E-state index contributed by atoms with van der Waals surface area (Å²) in [4.78, 5) is 12.6. The number of anilines is 2. The summed E-state index contributed by atoms with van der Waals surface area (Å²) in [5.74, 6) is -0.223. The van der Waals surface area contributed by atoms with Crippen LogP contribution in [0, 0.1) is 0 Å². The first-order valence-electron chi connectivity index (χ1n) is 9.87. The van der Waals surface area contributed by atoms with Gasteiger partial charge in [0.25, 0.3) is 15.9 Å². The molecule has 4 rings (SSSR count). The number of ether oxygens (including phenoxy) is 1. The molecule has 33 heavy (non-hydrogen) atoms. The van der Waals surface area contributed by atoms with E-state index in [1.54, 1.807) is 42.5 Å². The lowest BCUT2D eigenvalue weighted by Crippen LogP contribution is -2.16. The number of aromatic nitrogens is 1. The van der Waals surface area contributed by atoms with E-state index in [-0.39, 0.29) is 16.6 Å². The Labute approximate surface area is 196 Å². The van der Waals surface area contributed by atoms with E-state index in [0.717, 1.165) is 5.69 Å². The minimum Gasteiger partial charge on any atom is -0.495 e. The average molecular weight is 482 g/mol. The first-order chi connectivity index (χ1) is 15.9. The normalized spacial score (nSPS) is 11.1. The number of halogens is 1. The molecule has 0 unspecified atom stereocenters. The Morgan fingerprint density at radius 1 is 0.909 bits per heavy atom. The fraction of sp³-hybridized carbons (Fsp3) is 0.0417. The van der Waals surface area contributed by atoms with Gasteiger partial charge in [-0.2, -0.15) is 0 Å². The highest BCUT2D eigenvalue weighted by Gasteiger charge is 2.21. The topological polar surface area (TPSA) is 89.4 Å². The van der Waals surface area contributed by atoms with E-state index < -0.39 is 10.0 Å². The molecule has 1 amide bonds. The number of rotatable bonds is 7. The van der Waals surface area contributed by atoms with Gasteiger partial charge in [0.1, 0.15) is 10.6 Å². The second-order valence-corrected chi connectivity index (χ2v) is 9.16. The summed E-state index contributed by atoms with van der Waals surface area (Å²) in [5.41, 5.74) is 2.01. The van der Waals surface area contributed by atoms with Gasteiger partial charge in [-0.1, -0.05) is 11.6 Å². The van der Waals surface area contributed by atoms with Gasteiger partial charge in [-0.05, 0) is 78.9 Å². The highest BCUT2D eigenvalue weighted by Crippen LogP contribution is 2.29. The highest BCUT2D eigenvalue weighted by atomic mass is 35.5. The van der Waals surface area contributed by atoms with Crippen molar-refractivity contribution in [2.75, 3.05) is 17.1 Å². The summed E-state index contributed by atoms with van der Waals surface area (Å²) in [6.45, 7) is 0. The number of carbonyl (C=O) groups is 1. The Hall–Kier alpha value is -3.75. The van der Waals surface area contributed by atoms with Gasteiger partial charge in [-0.25, -0.2) is 8.42 Å². The van der Waals surface area contributed by atoms with Crippen LogP contribution >= 0.6 is 11.6 Å². The second-order valence-electron chi connectivity index (χ2n) is 7.07. The van der Waals surface area contributed by atoms with E-state index in [9.17, 15) is 13.2 Å². The molecule has 3 aromatic carbocycles. The maximum absolute atomic E-state index is 13.0. The van der Waals surface area contributed by atoms with Crippen molar-refractivity contribution in [1.82, 2.24) is 4.57 Å². The van der Waals surface area contributed by atoms with E-state index in [1.165, 1.54) is 19.2 Å². The van der Waals surface area contributed by atoms with Crippen LogP contribution in [0.25, 0.3) is 5.69 Å². The third-order valence-corrected chi connectivity index (χ3v) is 6.49. The van der Waals surface area contributed by atoms with Crippen molar-refractivity contribution in [3.63, 3.8) is 0 Å². The predicted molar refractivity (Wildman–Crippen MR) is 129 cm³/mol. The third-order valence-electron chi connectivity index (χ3n) is 4.84. The van der Waals surface area contributed by atoms with Gasteiger partial charge < -0.3 is 14.6 Å². The molecule has 0 aliphatic carbocycles. The van der Waals surface area contributed by atoms with E-state index in [4.69, 9.17) is 16.3 Å². The number of hydrogen-bond donors (Lipinski definition) is 2. The molecule has 168 valence electrons. The van der Waals surface area contributed by atoms with Crippen LogP contribution in [-0.4, -0.2) is 26.0 Å². The Balaban J connectivity index is 1.56. The number of benzene rings is 3. The maximum Gasteiger partial charge on any atom is 0.265 e. The SMILES string of the molecule is COc1ccc(NC(=O)c2ccc(-n3cccc3)cc2)cc1S(=O)(=O)Nc1ccc(Cl)cc1. The van der Waals surface area contributed by atoms with Gasteiger partial charge >= 0.3 is 0 Å². The summed E-state index contributed by atoms with van der Waals surface area (Å²) in [6, 6.07) is 21.6. The van der Waals surface area contributed by atoms with Crippen molar-refractivity contribution < 1.29 is 17.9 Å². The molecule has 0 spiro atoms. The number of carbonyl (C=O) groups excluding carboxylic acids is 1. The lowest BCUT2D eigenvalue weighted by molar-refractivity contribution is 0.102. The van der Waals surface area contributed by atoms with Crippen molar-refractivity contribution in [2.24, 2.45) is 0 Å². The van der Waals surface area contributed by atoms with Crippen molar-refractivity contribution in [1.29, 1.82) is 0 Å². The lowest BCUT2D eigenvalue weighted by Gasteiger charge is -2.14. The molecule has 0 saturated carbocycles. The van der Waals surface area contributed by atoms with Gasteiger partial charge in [-0.3, -0.25) is 9.52 Å². The summed E-state index contributed by atoms with van der Waals surface area (Å²) in [5, 5.41) is 3.22. The fourth-order valence-corrected chi connectivity index (χ4v) is 4.57. The largest absolute Gasteiger partial charge is 0.495 e. The monoisotopic (exact) mass is 481 g/mol. The molecule has 0 bridgehead atoms. The Morgan fingerprint density at radius 2 is 1.55 bits per heavy atom. The van der Waals surface area contributed by atoms with E-state index >= 15 is 0 Å². The molecule has 0 radical (unpaired) electrons. The van der Waals surface area contributed by atoms with Gasteiger partial charge in [-0.15, -0.1) is 0 Å². The Bertz CT molecular complexity index is 1370. The summed E-state index contributed by atoms with van der Waals surface area (Å²) in [7, 11) is -2.62. The second kappa shape index (κ2) is 9.40. The molecule has 0 aliphatic rings. The van der Waals surface area contributed by atoms with Gasteiger partial charge in [0.2, 0.25) is 0 Å². The fourth-order valence-electron chi connectivity index (χ4n) is 3.19. The van der Waals surface area contributed by atoms with Crippen LogP contribution in [0.4, 0.5) is 11.4 Å². The number of sulfonamides is 1. The Morgan fingerprint density at radius 3 is 2.18 bits per heavy atom. The highest BCUT2D eigenvalue weighted by molar-refractivity contribution is 7.92. The van der Waals surface area contributed by atoms with E-state index in [2.05, 4.69) is 10.0 Å². The molecule has 0 fully saturated rings. The molecule has 0 aliphatic heterocycles. The number of methoxy groups -OCH3 is 1. The molecule has 7 nitrogen and oxygen atoms in total. The average Bonchev–Trinajstić information content (AvgIpc) is 3.35. The zero-order chi connectivity index (χ0) is 23.4. The van der Waals surface area contributed by atoms with Crippen LogP contribution in [0.15, 0.2) is 96.2 Å². The number of hydrogen-bond acceptors (Lipinski definition) is 4. The molecule has 1 aromatic heterocycles. The van der Waals surface area contributed by atoms with Crippen molar-refractivity contribution in [2.45, 2.75) is 4.90 Å². The zero-order valence-electron chi connectivity index (χ0n) is 17.5. The molecule has 0 atom stereocenters. The van der Waals surface area contributed by atoms with E-state index in [1.807, 2.05) is 41.2 Å². The first-order valence-corrected chi connectivity index (χ1v) is 11.7. The van der Waals surface area contributed by atoms with Crippen LogP contribution < -0.4 is 14.8 Å². The molecular weight excluding hydrogens is 462 g/mol. The van der Waals surface area contributed by atoms with Gasteiger partial charge in [0.05, 0.1) is 7.11 Å².